The summed E-state index contributed by atoms with van der Waals surface area (Å²) in [7, 11) is -2.27. The van der Waals surface area contributed by atoms with Crippen LogP contribution >= 0.6 is 7.60 Å². The molecule has 1 atom stereocenters. The second-order valence-corrected chi connectivity index (χ2v) is 10.5. The zero-order valence-electron chi connectivity index (χ0n) is 21.7. The maximum atomic E-state index is 13.5. The van der Waals surface area contributed by atoms with Gasteiger partial charge in [0.2, 0.25) is 5.91 Å². The molecule has 13 heteroatoms. The van der Waals surface area contributed by atoms with Gasteiger partial charge in [0.15, 0.2) is 0 Å². The summed E-state index contributed by atoms with van der Waals surface area (Å²) in [6.07, 6.45) is -1.47. The van der Waals surface area contributed by atoms with Gasteiger partial charge in [-0.25, -0.2) is 9.78 Å². The number of piperazine rings is 1. The number of hydrogen-bond donors (Lipinski definition) is 2. The van der Waals surface area contributed by atoms with E-state index in [0.29, 0.717) is 11.4 Å². The van der Waals surface area contributed by atoms with E-state index in [2.05, 4.69) is 10.3 Å². The first-order valence-electron chi connectivity index (χ1n) is 12.3. The van der Waals surface area contributed by atoms with Crippen molar-refractivity contribution in [2.75, 3.05) is 52.7 Å². The maximum absolute atomic E-state index is 13.5. The minimum Gasteiger partial charge on any atom is -0.497 e. The minimum absolute atomic E-state index is 0.000600. The molecule has 0 bridgehead atoms. The molecule has 206 valence electrons. The second kappa shape index (κ2) is 13.4. The van der Waals surface area contributed by atoms with Gasteiger partial charge in [0, 0.05) is 43.9 Å². The molecule has 3 rings (SSSR count). The average molecular weight is 549 g/mol. The summed E-state index contributed by atoms with van der Waals surface area (Å²) < 4.78 is 29.4. The fourth-order valence-electron chi connectivity index (χ4n) is 4.01. The molecule has 0 unspecified atom stereocenters. The van der Waals surface area contributed by atoms with E-state index in [1.54, 1.807) is 19.9 Å². The van der Waals surface area contributed by atoms with E-state index < -0.39 is 37.7 Å². The average Bonchev–Trinajstić information content (AvgIpc) is 2.92. The number of rotatable bonds is 11. The number of carbonyl (C=O) groups is 3. The molecule has 1 aliphatic heterocycles. The Morgan fingerprint density at radius 3 is 2.18 bits per heavy atom. The summed E-state index contributed by atoms with van der Waals surface area (Å²) in [6.45, 7) is 3.96. The summed E-state index contributed by atoms with van der Waals surface area (Å²) >= 11 is 0. The summed E-state index contributed by atoms with van der Waals surface area (Å²) in [5.74, 6) is -0.802. The van der Waals surface area contributed by atoms with Crippen LogP contribution in [-0.2, 0) is 18.4 Å². The van der Waals surface area contributed by atoms with Crippen molar-refractivity contribution in [2.45, 2.75) is 19.9 Å². The topological polar surface area (TPSA) is 148 Å². The number of ether oxygens (including phenoxy) is 1. The van der Waals surface area contributed by atoms with Crippen molar-refractivity contribution in [3.8, 4) is 17.0 Å². The zero-order chi connectivity index (χ0) is 27.7. The lowest BCUT2D eigenvalue weighted by Crippen LogP contribution is -2.56. The minimum atomic E-state index is -3.74. The smallest absolute Gasteiger partial charge is 0.407 e. The van der Waals surface area contributed by atoms with E-state index in [1.165, 1.54) is 23.0 Å². The number of nitrogens with zero attached hydrogens (tertiary/aromatic N) is 3. The lowest BCUT2D eigenvalue weighted by atomic mass is 10.1. The molecule has 3 amide bonds. The Hall–Kier alpha value is -3.47. The Balaban J connectivity index is 1.89. The van der Waals surface area contributed by atoms with E-state index >= 15 is 0 Å². The number of nitrogens with one attached hydrogen (secondary N) is 1. The lowest BCUT2D eigenvalue weighted by Gasteiger charge is -2.35. The fraction of sp³-hybridized carbons (Fsp3) is 0.440. The van der Waals surface area contributed by atoms with Gasteiger partial charge in [-0.05, 0) is 13.8 Å². The third-order valence-corrected chi connectivity index (χ3v) is 7.98. The van der Waals surface area contributed by atoms with Gasteiger partial charge in [-0.2, -0.15) is 0 Å². The van der Waals surface area contributed by atoms with Gasteiger partial charge in [-0.1, -0.05) is 30.3 Å². The van der Waals surface area contributed by atoms with Crippen molar-refractivity contribution < 1.29 is 37.8 Å². The third kappa shape index (κ3) is 7.53. The highest BCUT2D eigenvalue weighted by Crippen LogP contribution is 2.48. The summed E-state index contributed by atoms with van der Waals surface area (Å²) in [6, 6.07) is 11.1. The molecule has 0 radical (unpaired) electrons. The van der Waals surface area contributed by atoms with Crippen LogP contribution in [0.2, 0.25) is 0 Å². The zero-order valence-corrected chi connectivity index (χ0v) is 22.6. The largest absolute Gasteiger partial charge is 0.497 e. The van der Waals surface area contributed by atoms with Gasteiger partial charge in [0.1, 0.15) is 17.5 Å². The summed E-state index contributed by atoms with van der Waals surface area (Å²) in [5.41, 5.74) is 1.26. The molecule has 2 heterocycles. The molecule has 38 heavy (non-hydrogen) atoms. The van der Waals surface area contributed by atoms with Gasteiger partial charge < -0.3 is 34.0 Å². The van der Waals surface area contributed by atoms with Gasteiger partial charge in [0.05, 0.1) is 32.2 Å². The normalized spacial score (nSPS) is 14.6. The predicted molar refractivity (Wildman–Crippen MR) is 139 cm³/mol. The first-order chi connectivity index (χ1) is 18.2. The Kier molecular flexibility index (Phi) is 10.2. The molecule has 2 N–H and O–H groups in total. The number of hydrogen-bond acceptors (Lipinski definition) is 8. The van der Waals surface area contributed by atoms with Crippen molar-refractivity contribution in [1.29, 1.82) is 0 Å². The molecule has 2 aromatic rings. The van der Waals surface area contributed by atoms with E-state index in [0.717, 1.165) is 5.56 Å². The third-order valence-electron chi connectivity index (χ3n) is 5.86. The molecule has 1 aliphatic rings. The molecule has 1 aromatic heterocycles. The highest BCUT2D eigenvalue weighted by Gasteiger charge is 2.37. The van der Waals surface area contributed by atoms with Crippen molar-refractivity contribution in [3.05, 3.63) is 48.2 Å². The number of carbonyl (C=O) groups excluding carboxylic acids is 2. The summed E-state index contributed by atoms with van der Waals surface area (Å²) in [5, 5.41) is 11.9. The number of aromatic nitrogens is 1. The Morgan fingerprint density at radius 2 is 1.63 bits per heavy atom. The van der Waals surface area contributed by atoms with Crippen LogP contribution in [0.3, 0.4) is 0 Å². The first kappa shape index (κ1) is 29.1. The van der Waals surface area contributed by atoms with Gasteiger partial charge in [0.25, 0.3) is 5.91 Å². The van der Waals surface area contributed by atoms with Gasteiger partial charge in [-0.15, -0.1) is 0 Å². The molecule has 0 spiro atoms. The highest BCUT2D eigenvalue weighted by molar-refractivity contribution is 7.54. The van der Waals surface area contributed by atoms with Crippen LogP contribution in [0, 0.1) is 0 Å². The van der Waals surface area contributed by atoms with Crippen molar-refractivity contribution in [3.63, 3.8) is 0 Å². The predicted octanol–water partition coefficient (Wildman–Crippen LogP) is 2.94. The van der Waals surface area contributed by atoms with Gasteiger partial charge >= 0.3 is 13.7 Å². The molecule has 12 nitrogen and oxygen atoms in total. The standard InChI is InChI=1S/C25H33N4O8P/c1-4-36-38(34,37-5-2)17-22(24(31)28-11-13-29(14-12-28)25(32)33)27-23(30)21-16-19(35-3)15-20(26-21)18-9-7-6-8-10-18/h6-10,15-16,22H,4-5,11-14,17H2,1-3H3,(H,27,30)(H,32,33)/t22-/m0/s1. The van der Waals surface area contributed by atoms with Crippen LogP contribution in [0.5, 0.6) is 5.75 Å². The molecule has 1 fully saturated rings. The van der Waals surface area contributed by atoms with Crippen molar-refractivity contribution in [1.82, 2.24) is 20.1 Å². The van der Waals surface area contributed by atoms with Gasteiger partial charge in [-0.3, -0.25) is 14.2 Å². The van der Waals surface area contributed by atoms with Crippen LogP contribution in [0.15, 0.2) is 42.5 Å². The SMILES string of the molecule is CCOP(=O)(C[C@H](NC(=O)c1cc(OC)cc(-c2ccccc2)n1)C(=O)N1CCN(C(=O)O)CC1)OCC. The van der Waals surface area contributed by atoms with Crippen LogP contribution in [0.4, 0.5) is 4.79 Å². The number of carboxylic acid groups (broad SMARTS) is 1. The molecule has 1 aromatic carbocycles. The number of benzene rings is 1. The number of pyridine rings is 1. The van der Waals surface area contributed by atoms with E-state index in [1.807, 2.05) is 30.3 Å². The number of amides is 3. The maximum Gasteiger partial charge on any atom is 0.407 e. The first-order valence-corrected chi connectivity index (χ1v) is 14.0. The van der Waals surface area contributed by atoms with E-state index in [9.17, 15) is 24.1 Å². The monoisotopic (exact) mass is 548 g/mol. The van der Waals surface area contributed by atoms with Crippen LogP contribution in [-0.4, -0.2) is 96.5 Å². The second-order valence-electron chi connectivity index (χ2n) is 8.39. The summed E-state index contributed by atoms with van der Waals surface area (Å²) in [4.78, 5) is 45.2. The van der Waals surface area contributed by atoms with Crippen LogP contribution in [0.1, 0.15) is 24.3 Å². The number of methoxy groups -OCH3 is 1. The molecule has 0 aliphatic carbocycles. The lowest BCUT2D eigenvalue weighted by molar-refractivity contribution is -0.134. The highest BCUT2D eigenvalue weighted by atomic mass is 31.2. The van der Waals surface area contributed by atoms with Crippen molar-refractivity contribution >= 4 is 25.5 Å². The van der Waals surface area contributed by atoms with E-state index in [4.69, 9.17) is 13.8 Å². The Bertz CT molecular complexity index is 1160. The molecular weight excluding hydrogens is 515 g/mol. The van der Waals surface area contributed by atoms with Crippen LogP contribution < -0.4 is 10.1 Å². The molecule has 1 saturated heterocycles. The quantitative estimate of drug-likeness (QED) is 0.405. The fourth-order valence-corrected chi connectivity index (χ4v) is 5.78. The van der Waals surface area contributed by atoms with Crippen LogP contribution in [0.25, 0.3) is 11.3 Å². The van der Waals surface area contributed by atoms with E-state index in [-0.39, 0.29) is 45.1 Å². The Labute approximate surface area is 221 Å². The molecular formula is C25H33N4O8P. The van der Waals surface area contributed by atoms with Crippen molar-refractivity contribution in [2.24, 2.45) is 0 Å². The molecule has 0 saturated carbocycles. The Morgan fingerprint density at radius 1 is 1.03 bits per heavy atom.